The Morgan fingerprint density at radius 2 is 1.93 bits per heavy atom. The van der Waals surface area contributed by atoms with Crippen LogP contribution in [0.2, 0.25) is 0 Å². The predicted molar refractivity (Wildman–Crippen MR) is 108 cm³/mol. The summed E-state index contributed by atoms with van der Waals surface area (Å²) in [7, 11) is 1.84. The summed E-state index contributed by atoms with van der Waals surface area (Å²) < 4.78 is 2.01. The van der Waals surface area contributed by atoms with Crippen molar-refractivity contribution in [1.29, 1.82) is 0 Å². The summed E-state index contributed by atoms with van der Waals surface area (Å²) in [6, 6.07) is 10.7. The van der Waals surface area contributed by atoms with E-state index in [0.29, 0.717) is 12.6 Å². The maximum absolute atomic E-state index is 4.43. The van der Waals surface area contributed by atoms with Crippen molar-refractivity contribution < 1.29 is 0 Å². The summed E-state index contributed by atoms with van der Waals surface area (Å²) in [6.07, 6.45) is 11.4. The summed E-state index contributed by atoms with van der Waals surface area (Å²) in [4.78, 5) is 4.43. The molecule has 0 aliphatic heterocycles. The Kier molecular flexibility index (Phi) is 5.70. The van der Waals surface area contributed by atoms with Gasteiger partial charge in [-0.1, -0.05) is 43.9 Å². The van der Waals surface area contributed by atoms with Crippen molar-refractivity contribution in [2.24, 2.45) is 16.8 Å². The predicted octanol–water partition coefficient (Wildman–Crippen LogP) is 3.29. The van der Waals surface area contributed by atoms with Crippen LogP contribution >= 0.6 is 0 Å². The number of aromatic nitrogens is 3. The van der Waals surface area contributed by atoms with Gasteiger partial charge in [0.1, 0.15) is 6.33 Å². The van der Waals surface area contributed by atoms with E-state index in [1.807, 2.05) is 29.8 Å². The Balaban J connectivity index is 1.33. The number of benzene rings is 1. The lowest BCUT2D eigenvalue weighted by molar-refractivity contribution is 0.150. The number of para-hydroxylation sites is 1. The molecule has 0 radical (unpaired) electrons. The SMILES string of the molecule is CN=C(NCc1nncn1-c1ccccc1)NC1CCC2CCCCC2C1. The average molecular weight is 367 g/mol. The Labute approximate surface area is 161 Å². The van der Waals surface area contributed by atoms with E-state index >= 15 is 0 Å². The van der Waals surface area contributed by atoms with Gasteiger partial charge in [-0.2, -0.15) is 0 Å². The minimum Gasteiger partial charge on any atom is -0.354 e. The maximum Gasteiger partial charge on any atom is 0.191 e. The molecule has 0 spiro atoms. The lowest BCUT2D eigenvalue weighted by Crippen LogP contribution is -2.46. The Morgan fingerprint density at radius 1 is 1.11 bits per heavy atom. The zero-order chi connectivity index (χ0) is 18.5. The fourth-order valence-corrected chi connectivity index (χ4v) is 4.74. The summed E-state index contributed by atoms with van der Waals surface area (Å²) >= 11 is 0. The third-order valence-corrected chi connectivity index (χ3v) is 6.17. The number of nitrogens with zero attached hydrogens (tertiary/aromatic N) is 4. The first kappa shape index (κ1) is 18.0. The van der Waals surface area contributed by atoms with Crippen LogP contribution in [0.5, 0.6) is 0 Å². The molecular formula is C21H30N6. The first-order valence-electron chi connectivity index (χ1n) is 10.2. The number of hydrogen-bond acceptors (Lipinski definition) is 3. The van der Waals surface area contributed by atoms with Gasteiger partial charge >= 0.3 is 0 Å². The normalized spacial score (nSPS) is 25.7. The van der Waals surface area contributed by atoms with Crippen molar-refractivity contribution in [3.05, 3.63) is 42.5 Å². The average Bonchev–Trinajstić information content (AvgIpc) is 3.20. The second-order valence-electron chi connectivity index (χ2n) is 7.84. The van der Waals surface area contributed by atoms with Crippen LogP contribution in [0.3, 0.4) is 0 Å². The topological polar surface area (TPSA) is 67.1 Å². The number of hydrogen-bond donors (Lipinski definition) is 2. The summed E-state index contributed by atoms with van der Waals surface area (Å²) in [5, 5.41) is 15.4. The molecule has 1 aromatic heterocycles. The van der Waals surface area contributed by atoms with Gasteiger partial charge in [0.2, 0.25) is 0 Å². The number of guanidine groups is 1. The van der Waals surface area contributed by atoms with E-state index in [0.717, 1.165) is 29.3 Å². The van der Waals surface area contributed by atoms with Gasteiger partial charge in [0.15, 0.2) is 11.8 Å². The van der Waals surface area contributed by atoms with Crippen molar-refractivity contribution in [3.8, 4) is 5.69 Å². The van der Waals surface area contributed by atoms with Gasteiger partial charge in [-0.05, 0) is 43.2 Å². The van der Waals surface area contributed by atoms with Gasteiger partial charge in [-0.3, -0.25) is 9.56 Å². The van der Waals surface area contributed by atoms with Gasteiger partial charge in [0.25, 0.3) is 0 Å². The molecule has 1 aromatic carbocycles. The van der Waals surface area contributed by atoms with Crippen LogP contribution < -0.4 is 10.6 Å². The molecule has 6 heteroatoms. The van der Waals surface area contributed by atoms with Crippen LogP contribution in [0.15, 0.2) is 41.7 Å². The molecule has 0 bridgehead atoms. The van der Waals surface area contributed by atoms with Crippen LogP contribution in [0.25, 0.3) is 5.69 Å². The van der Waals surface area contributed by atoms with Crippen molar-refractivity contribution >= 4 is 5.96 Å². The summed E-state index contributed by atoms with van der Waals surface area (Å²) in [5.41, 5.74) is 1.07. The molecule has 0 saturated heterocycles. The van der Waals surface area contributed by atoms with Gasteiger partial charge in [-0.25, -0.2) is 0 Å². The molecule has 27 heavy (non-hydrogen) atoms. The fraction of sp³-hybridized carbons (Fsp3) is 0.571. The molecular weight excluding hydrogens is 336 g/mol. The maximum atomic E-state index is 4.43. The zero-order valence-corrected chi connectivity index (χ0v) is 16.1. The minimum atomic E-state index is 0.530. The van der Waals surface area contributed by atoms with Crippen LogP contribution in [0, 0.1) is 11.8 Å². The molecule has 3 unspecified atom stereocenters. The van der Waals surface area contributed by atoms with E-state index < -0.39 is 0 Å². The Bertz CT molecular complexity index is 753. The highest BCUT2D eigenvalue weighted by molar-refractivity contribution is 5.79. The highest BCUT2D eigenvalue weighted by Gasteiger charge is 2.32. The molecule has 2 saturated carbocycles. The smallest absolute Gasteiger partial charge is 0.191 e. The van der Waals surface area contributed by atoms with E-state index in [-0.39, 0.29) is 0 Å². The molecule has 4 rings (SSSR count). The van der Waals surface area contributed by atoms with E-state index in [1.54, 1.807) is 6.33 Å². The fourth-order valence-electron chi connectivity index (χ4n) is 4.74. The van der Waals surface area contributed by atoms with E-state index in [1.165, 1.54) is 44.9 Å². The second-order valence-corrected chi connectivity index (χ2v) is 7.84. The number of rotatable bonds is 4. The third kappa shape index (κ3) is 4.31. The highest BCUT2D eigenvalue weighted by atomic mass is 15.3. The molecule has 2 N–H and O–H groups in total. The lowest BCUT2D eigenvalue weighted by atomic mass is 9.69. The zero-order valence-electron chi connectivity index (χ0n) is 16.1. The van der Waals surface area contributed by atoms with Gasteiger partial charge in [-0.15, -0.1) is 10.2 Å². The van der Waals surface area contributed by atoms with Crippen molar-refractivity contribution in [2.75, 3.05) is 7.05 Å². The van der Waals surface area contributed by atoms with Gasteiger partial charge in [0.05, 0.1) is 6.54 Å². The molecule has 2 aromatic rings. The van der Waals surface area contributed by atoms with E-state index in [2.05, 4.69) is 38.0 Å². The van der Waals surface area contributed by atoms with Crippen LogP contribution in [-0.2, 0) is 6.54 Å². The molecule has 0 amide bonds. The molecule has 3 atom stereocenters. The van der Waals surface area contributed by atoms with Gasteiger partial charge < -0.3 is 10.6 Å². The van der Waals surface area contributed by atoms with Crippen molar-refractivity contribution in [2.45, 2.75) is 57.5 Å². The lowest BCUT2D eigenvalue weighted by Gasteiger charge is -2.39. The highest BCUT2D eigenvalue weighted by Crippen LogP contribution is 2.40. The molecule has 144 valence electrons. The first-order valence-corrected chi connectivity index (χ1v) is 10.2. The van der Waals surface area contributed by atoms with Crippen molar-refractivity contribution in [1.82, 2.24) is 25.4 Å². The Morgan fingerprint density at radius 3 is 2.74 bits per heavy atom. The Hall–Kier alpha value is -2.37. The largest absolute Gasteiger partial charge is 0.354 e. The van der Waals surface area contributed by atoms with Crippen LogP contribution in [-0.4, -0.2) is 33.8 Å². The van der Waals surface area contributed by atoms with Crippen LogP contribution in [0.4, 0.5) is 0 Å². The first-order chi connectivity index (χ1) is 13.3. The van der Waals surface area contributed by atoms with Crippen LogP contribution in [0.1, 0.15) is 50.8 Å². The standard InChI is InChI=1S/C21H30N6/c1-22-21(25-18-12-11-16-7-5-6-8-17(16)13-18)23-14-20-26-24-15-27(20)19-9-3-2-4-10-19/h2-4,9-10,15-18H,5-8,11-14H2,1H3,(H2,22,23,25). The van der Waals surface area contributed by atoms with E-state index in [9.17, 15) is 0 Å². The second kappa shape index (κ2) is 8.55. The summed E-state index contributed by atoms with van der Waals surface area (Å²) in [6.45, 7) is 0.591. The quantitative estimate of drug-likeness (QED) is 0.644. The van der Waals surface area contributed by atoms with Gasteiger partial charge in [0, 0.05) is 18.8 Å². The minimum absolute atomic E-state index is 0.530. The number of fused-ring (bicyclic) bond motifs is 1. The number of nitrogens with one attached hydrogen (secondary N) is 2. The summed E-state index contributed by atoms with van der Waals surface area (Å²) in [5.74, 6) is 3.61. The molecule has 2 aliphatic carbocycles. The van der Waals surface area contributed by atoms with E-state index in [4.69, 9.17) is 0 Å². The molecule has 6 nitrogen and oxygen atoms in total. The molecule has 2 aliphatic rings. The van der Waals surface area contributed by atoms with Crippen molar-refractivity contribution in [3.63, 3.8) is 0 Å². The number of aliphatic imine (C=N–C) groups is 1. The third-order valence-electron chi connectivity index (χ3n) is 6.17. The molecule has 2 fully saturated rings. The monoisotopic (exact) mass is 366 g/mol. The molecule has 1 heterocycles.